The maximum atomic E-state index is 13.2. The number of hydrogen-bond donors (Lipinski definition) is 3. The van der Waals surface area contributed by atoms with Gasteiger partial charge in [-0.15, -0.1) is 0 Å². The molecule has 6 unspecified atom stereocenters. The normalized spacial score (nSPS) is 18.2. The topological polar surface area (TPSA) is 175 Å². The van der Waals surface area contributed by atoms with E-state index in [4.69, 9.17) is 23.7 Å². The highest BCUT2D eigenvalue weighted by Crippen LogP contribution is 2.26. The average Bonchev–Trinajstić information content (AvgIpc) is 3.43. The standard InChI is InChI=1S/C67H116O12/c1-4-7-10-13-16-19-22-25-28-30-33-35-38-41-44-47-50-53-59(68)75-56-58(77-60(69)54-51-48-45-42-39-37-34-31-29-26-23-20-17-14-11-8-5-2)57-76-67-65(63(72)62(71)64(79-67)66(73)74)78-61(70)55-52-49-46-43-40-36-32-27-24-21-18-15-12-9-6-3/h9,12,18,21,27,32,40,43,49,52,58,62-65,67,71-72H,4-8,10-11,13-17,19-20,22-26,28-31,33-39,41-42,44-48,50-51,53-57H2,1-3H3,(H,73,74)/b12-9-,21-18-,32-27-,43-40-,52-49-. The van der Waals surface area contributed by atoms with E-state index in [0.29, 0.717) is 19.3 Å². The van der Waals surface area contributed by atoms with Crippen LogP contribution in [0.3, 0.4) is 0 Å². The number of hydrogen-bond acceptors (Lipinski definition) is 11. The fourth-order valence-corrected chi connectivity index (χ4v) is 9.74. The van der Waals surface area contributed by atoms with Gasteiger partial charge in [-0.05, 0) is 44.9 Å². The zero-order chi connectivity index (χ0) is 57.5. The largest absolute Gasteiger partial charge is 0.479 e. The van der Waals surface area contributed by atoms with Gasteiger partial charge in [-0.1, -0.05) is 287 Å². The van der Waals surface area contributed by atoms with Crippen LogP contribution in [0.4, 0.5) is 0 Å². The highest BCUT2D eigenvalue weighted by Gasteiger charge is 2.50. The van der Waals surface area contributed by atoms with Crippen molar-refractivity contribution < 1.29 is 58.2 Å². The Balaban J connectivity index is 2.69. The van der Waals surface area contributed by atoms with Crippen LogP contribution in [0.1, 0.15) is 290 Å². The third kappa shape index (κ3) is 44.7. The minimum atomic E-state index is -1.93. The van der Waals surface area contributed by atoms with E-state index < -0.39 is 67.3 Å². The van der Waals surface area contributed by atoms with Gasteiger partial charge in [0.15, 0.2) is 24.6 Å². The predicted octanol–water partition coefficient (Wildman–Crippen LogP) is 17.1. The van der Waals surface area contributed by atoms with Crippen molar-refractivity contribution in [2.24, 2.45) is 0 Å². The third-order valence-corrected chi connectivity index (χ3v) is 14.6. The first-order valence-electron chi connectivity index (χ1n) is 32.3. The number of unbranched alkanes of at least 4 members (excludes halogenated alkanes) is 32. The summed E-state index contributed by atoms with van der Waals surface area (Å²) in [6, 6.07) is 0. The summed E-state index contributed by atoms with van der Waals surface area (Å²) in [6.45, 7) is 5.88. The number of rotatable bonds is 55. The van der Waals surface area contributed by atoms with Crippen LogP contribution >= 0.6 is 0 Å². The van der Waals surface area contributed by atoms with E-state index in [9.17, 15) is 34.5 Å². The molecule has 6 atom stereocenters. The molecule has 0 aromatic heterocycles. The molecule has 79 heavy (non-hydrogen) atoms. The maximum absolute atomic E-state index is 13.2. The van der Waals surface area contributed by atoms with E-state index in [2.05, 4.69) is 57.2 Å². The third-order valence-electron chi connectivity index (χ3n) is 14.6. The van der Waals surface area contributed by atoms with Gasteiger partial charge in [0.05, 0.1) is 13.0 Å². The molecular weight excluding hydrogens is 997 g/mol. The number of carbonyl (C=O) groups excluding carboxylic acids is 3. The molecule has 1 saturated heterocycles. The molecule has 0 aliphatic carbocycles. The van der Waals surface area contributed by atoms with Gasteiger partial charge in [0.25, 0.3) is 0 Å². The van der Waals surface area contributed by atoms with Crippen LogP contribution < -0.4 is 0 Å². The molecule has 1 heterocycles. The number of carboxylic acid groups (broad SMARTS) is 1. The van der Waals surface area contributed by atoms with Crippen LogP contribution in [0, 0.1) is 0 Å². The number of allylic oxidation sites excluding steroid dienone is 9. The molecular formula is C67H116O12. The molecule has 0 spiro atoms. The SMILES string of the molecule is CC/C=C\C/C=C\C/C=C\C/C=C\C/C=C\CC(=O)OC1C(OCC(COC(=O)CCCCCCCCCCCCCCCCCCC)OC(=O)CCCCCCCCCCCCCCCCCCC)OC(C(=O)O)C(O)C1O. The summed E-state index contributed by atoms with van der Waals surface area (Å²) < 4.78 is 28.4. The minimum absolute atomic E-state index is 0.157. The first-order valence-corrected chi connectivity index (χ1v) is 32.3. The Kier molecular flexibility index (Phi) is 51.1. The highest BCUT2D eigenvalue weighted by molar-refractivity contribution is 5.74. The molecule has 456 valence electrons. The fourth-order valence-electron chi connectivity index (χ4n) is 9.74. The monoisotopic (exact) mass is 1110 g/mol. The Labute approximate surface area is 481 Å². The molecule has 0 aromatic rings. The summed E-state index contributed by atoms with van der Waals surface area (Å²) in [6.07, 6.45) is 56.4. The van der Waals surface area contributed by atoms with Crippen molar-refractivity contribution in [3.05, 3.63) is 60.8 Å². The second-order valence-corrected chi connectivity index (χ2v) is 22.1. The number of aliphatic carboxylic acids is 1. The number of esters is 3. The van der Waals surface area contributed by atoms with Crippen molar-refractivity contribution >= 4 is 23.9 Å². The van der Waals surface area contributed by atoms with Crippen LogP contribution in [0.25, 0.3) is 0 Å². The van der Waals surface area contributed by atoms with E-state index in [0.717, 1.165) is 64.2 Å². The van der Waals surface area contributed by atoms with E-state index in [1.165, 1.54) is 167 Å². The molecule has 12 heteroatoms. The van der Waals surface area contributed by atoms with Crippen molar-refractivity contribution in [2.75, 3.05) is 13.2 Å². The van der Waals surface area contributed by atoms with E-state index in [1.807, 2.05) is 12.2 Å². The van der Waals surface area contributed by atoms with Gasteiger partial charge in [-0.3, -0.25) is 14.4 Å². The number of aliphatic hydroxyl groups excluding tert-OH is 2. The van der Waals surface area contributed by atoms with Gasteiger partial charge in [0, 0.05) is 12.8 Å². The number of carboxylic acids is 1. The first-order chi connectivity index (χ1) is 38.6. The number of ether oxygens (including phenoxy) is 5. The quantitative estimate of drug-likeness (QED) is 0.0228. The molecule has 1 rings (SSSR count). The fraction of sp³-hybridized carbons (Fsp3) is 0.791. The van der Waals surface area contributed by atoms with Crippen molar-refractivity contribution in [2.45, 2.75) is 327 Å². The second-order valence-electron chi connectivity index (χ2n) is 22.1. The lowest BCUT2D eigenvalue weighted by atomic mass is 9.98. The Bertz CT molecular complexity index is 1600. The molecule has 0 aromatic carbocycles. The van der Waals surface area contributed by atoms with Crippen molar-refractivity contribution in [3.8, 4) is 0 Å². The Morgan fingerprint density at radius 1 is 0.430 bits per heavy atom. The Morgan fingerprint density at radius 2 is 0.785 bits per heavy atom. The molecule has 0 bridgehead atoms. The number of carbonyl (C=O) groups is 4. The summed E-state index contributed by atoms with van der Waals surface area (Å²) >= 11 is 0. The van der Waals surface area contributed by atoms with Gasteiger partial charge in [-0.25, -0.2) is 4.79 Å². The van der Waals surface area contributed by atoms with Gasteiger partial charge >= 0.3 is 23.9 Å². The predicted molar refractivity (Wildman–Crippen MR) is 322 cm³/mol. The molecule has 0 amide bonds. The molecule has 1 aliphatic heterocycles. The maximum Gasteiger partial charge on any atom is 0.335 e. The van der Waals surface area contributed by atoms with Crippen LogP contribution in [-0.4, -0.2) is 89.2 Å². The zero-order valence-corrected chi connectivity index (χ0v) is 50.4. The molecule has 0 saturated carbocycles. The Morgan fingerprint density at radius 3 is 1.16 bits per heavy atom. The van der Waals surface area contributed by atoms with Crippen LogP contribution in [0.5, 0.6) is 0 Å². The summed E-state index contributed by atoms with van der Waals surface area (Å²) in [7, 11) is 0. The van der Waals surface area contributed by atoms with Crippen molar-refractivity contribution in [1.29, 1.82) is 0 Å². The second kappa shape index (κ2) is 55.0. The van der Waals surface area contributed by atoms with Gasteiger partial charge in [0.2, 0.25) is 0 Å². The van der Waals surface area contributed by atoms with Crippen LogP contribution in [0.2, 0.25) is 0 Å². The summed E-state index contributed by atoms with van der Waals surface area (Å²) in [5.41, 5.74) is 0. The van der Waals surface area contributed by atoms with E-state index >= 15 is 0 Å². The molecule has 3 N–H and O–H groups in total. The molecule has 1 aliphatic rings. The minimum Gasteiger partial charge on any atom is -0.479 e. The lowest BCUT2D eigenvalue weighted by Gasteiger charge is -2.40. The van der Waals surface area contributed by atoms with Crippen molar-refractivity contribution in [1.82, 2.24) is 0 Å². The van der Waals surface area contributed by atoms with E-state index in [-0.39, 0.29) is 25.9 Å². The summed E-state index contributed by atoms with van der Waals surface area (Å²) in [4.78, 5) is 51.2. The highest BCUT2D eigenvalue weighted by atomic mass is 16.7. The van der Waals surface area contributed by atoms with Crippen LogP contribution in [0.15, 0.2) is 60.8 Å². The Hall–Kier alpha value is -3.58. The lowest BCUT2D eigenvalue weighted by molar-refractivity contribution is -0.301. The number of aliphatic hydroxyl groups is 2. The molecule has 1 fully saturated rings. The summed E-state index contributed by atoms with van der Waals surface area (Å²) in [5.74, 6) is -3.25. The summed E-state index contributed by atoms with van der Waals surface area (Å²) in [5, 5.41) is 31.5. The molecule has 12 nitrogen and oxygen atoms in total. The smallest absolute Gasteiger partial charge is 0.335 e. The van der Waals surface area contributed by atoms with Gasteiger partial charge in [-0.2, -0.15) is 0 Å². The van der Waals surface area contributed by atoms with Gasteiger partial charge in [0.1, 0.15) is 18.8 Å². The van der Waals surface area contributed by atoms with E-state index in [1.54, 1.807) is 12.2 Å². The van der Waals surface area contributed by atoms with Crippen molar-refractivity contribution in [3.63, 3.8) is 0 Å². The first kappa shape index (κ1) is 73.4. The van der Waals surface area contributed by atoms with Gasteiger partial charge < -0.3 is 39.0 Å². The lowest BCUT2D eigenvalue weighted by Crippen LogP contribution is -2.61. The zero-order valence-electron chi connectivity index (χ0n) is 50.4. The molecule has 0 radical (unpaired) electrons. The average molecular weight is 1110 g/mol. The van der Waals surface area contributed by atoms with Crippen LogP contribution in [-0.2, 0) is 42.9 Å².